The fourth-order valence-electron chi connectivity index (χ4n) is 2.90. The molecule has 2 aromatic heterocycles. The molecule has 0 spiro atoms. The topological polar surface area (TPSA) is 84.2 Å². The maximum atomic E-state index is 12.4. The van der Waals surface area contributed by atoms with Gasteiger partial charge in [0.15, 0.2) is 10.9 Å². The molecule has 0 aliphatic heterocycles. The predicted molar refractivity (Wildman–Crippen MR) is 128 cm³/mol. The Kier molecular flexibility index (Phi) is 6.19. The number of amides is 1. The summed E-state index contributed by atoms with van der Waals surface area (Å²) in [6.07, 6.45) is 0.762. The van der Waals surface area contributed by atoms with Crippen molar-refractivity contribution in [2.75, 3.05) is 5.32 Å². The van der Waals surface area contributed by atoms with E-state index < -0.39 is 0 Å². The second kappa shape index (κ2) is 8.88. The number of aryl methyl sites for hydroxylation is 2. The average molecular weight is 491 g/mol. The van der Waals surface area contributed by atoms with Crippen molar-refractivity contribution in [3.63, 3.8) is 0 Å². The summed E-state index contributed by atoms with van der Waals surface area (Å²) >= 11 is 18.6. The van der Waals surface area contributed by atoms with Crippen molar-refractivity contribution in [3.8, 4) is 10.6 Å². The van der Waals surface area contributed by atoms with Crippen molar-refractivity contribution in [2.24, 2.45) is 0 Å². The lowest BCUT2D eigenvalue weighted by Crippen LogP contribution is -2.34. The molecule has 7 nitrogen and oxygen atoms in total. The molecule has 4 rings (SSSR count). The number of hydrogen-bond donors (Lipinski definition) is 2. The van der Waals surface area contributed by atoms with E-state index in [0.29, 0.717) is 15.6 Å². The molecule has 0 bridgehead atoms. The lowest BCUT2D eigenvalue weighted by Gasteiger charge is -2.12. The van der Waals surface area contributed by atoms with Crippen molar-refractivity contribution in [2.45, 2.75) is 20.3 Å². The molecule has 0 saturated heterocycles. The number of carbonyl (C=O) groups excluding carboxylic acids is 1. The zero-order valence-corrected chi connectivity index (χ0v) is 19.6. The Bertz CT molecular complexity index is 1320. The number of aromatic nitrogens is 4. The molecule has 11 heteroatoms. The molecule has 2 N–H and O–H groups in total. The molecule has 0 saturated carbocycles. The number of benzene rings is 2. The molecule has 0 aliphatic rings. The van der Waals surface area contributed by atoms with E-state index in [1.54, 1.807) is 16.6 Å². The molecule has 1 amide bonds. The van der Waals surface area contributed by atoms with E-state index in [9.17, 15) is 4.79 Å². The smallest absolute Gasteiger partial charge is 0.257 e. The molecule has 0 radical (unpaired) electrons. The minimum absolute atomic E-state index is 0.179. The molecule has 2 heterocycles. The van der Waals surface area contributed by atoms with Gasteiger partial charge in [-0.05, 0) is 61.1 Å². The number of fused-ring (bicyclic) bond motifs is 1. The Morgan fingerprint density at radius 2 is 1.97 bits per heavy atom. The molecule has 0 aliphatic carbocycles. The zero-order chi connectivity index (χ0) is 22.1. The first-order valence-electron chi connectivity index (χ1n) is 9.25. The van der Waals surface area contributed by atoms with Crippen LogP contribution in [-0.2, 0) is 6.42 Å². The van der Waals surface area contributed by atoms with Gasteiger partial charge in [-0.2, -0.15) is 9.61 Å². The first-order valence-corrected chi connectivity index (χ1v) is 11.2. The van der Waals surface area contributed by atoms with Crippen molar-refractivity contribution >= 4 is 68.4 Å². The maximum absolute atomic E-state index is 12.4. The summed E-state index contributed by atoms with van der Waals surface area (Å²) < 4.78 is 1.77. The number of hydrogen-bond acceptors (Lipinski definition) is 6. The van der Waals surface area contributed by atoms with Crippen LogP contribution in [0, 0.1) is 6.92 Å². The van der Waals surface area contributed by atoms with Crippen LogP contribution in [0.2, 0.25) is 10.0 Å². The van der Waals surface area contributed by atoms with Gasteiger partial charge in [-0.1, -0.05) is 41.5 Å². The van der Waals surface area contributed by atoms with Gasteiger partial charge in [0.05, 0.1) is 10.0 Å². The third-order valence-electron chi connectivity index (χ3n) is 4.50. The highest BCUT2D eigenvalue weighted by Crippen LogP contribution is 2.29. The molecule has 0 atom stereocenters. The van der Waals surface area contributed by atoms with Gasteiger partial charge in [-0.15, -0.1) is 10.2 Å². The van der Waals surface area contributed by atoms with Crippen LogP contribution in [0.15, 0.2) is 36.4 Å². The van der Waals surface area contributed by atoms with E-state index >= 15 is 0 Å². The number of anilines is 1. The number of thiocarbonyl (C=S) groups is 1. The van der Waals surface area contributed by atoms with Crippen LogP contribution in [0.3, 0.4) is 0 Å². The molecule has 158 valence electrons. The summed E-state index contributed by atoms with van der Waals surface area (Å²) in [6.45, 7) is 3.97. The van der Waals surface area contributed by atoms with Crippen LogP contribution < -0.4 is 10.6 Å². The normalized spacial score (nSPS) is 11.0. The molecule has 4 aromatic rings. The number of nitrogens with zero attached hydrogens (tertiary/aromatic N) is 4. The van der Waals surface area contributed by atoms with E-state index in [-0.39, 0.29) is 11.0 Å². The zero-order valence-electron chi connectivity index (χ0n) is 16.4. The van der Waals surface area contributed by atoms with E-state index in [1.165, 1.54) is 17.4 Å². The largest absolute Gasteiger partial charge is 0.332 e. The van der Waals surface area contributed by atoms with Crippen LogP contribution in [0.25, 0.3) is 15.5 Å². The standard InChI is InChI=1S/C20H16Cl2N6OS2/c1-3-16-25-26-20-28(16)27-18(31-20)12-5-7-15(10(2)8-12)23-19(30)24-17(29)11-4-6-13(21)14(22)9-11/h4-9H,3H2,1-2H3,(H2,23,24,29,30). The van der Waals surface area contributed by atoms with Crippen LogP contribution in [0.1, 0.15) is 28.7 Å². The number of carbonyl (C=O) groups is 1. The minimum Gasteiger partial charge on any atom is -0.332 e. The molecule has 0 unspecified atom stereocenters. The summed E-state index contributed by atoms with van der Waals surface area (Å²) in [5, 5.41) is 20.3. The van der Waals surface area contributed by atoms with Gasteiger partial charge in [0, 0.05) is 23.2 Å². The molecule has 31 heavy (non-hydrogen) atoms. The lowest BCUT2D eigenvalue weighted by atomic mass is 10.1. The average Bonchev–Trinajstić information content (AvgIpc) is 3.32. The number of rotatable bonds is 4. The summed E-state index contributed by atoms with van der Waals surface area (Å²) in [5.74, 6) is 0.451. The van der Waals surface area contributed by atoms with E-state index in [2.05, 4.69) is 25.9 Å². The fraction of sp³-hybridized carbons (Fsp3) is 0.150. The molecular formula is C20H16Cl2N6OS2. The highest BCUT2D eigenvalue weighted by Gasteiger charge is 2.14. The summed E-state index contributed by atoms with van der Waals surface area (Å²) in [7, 11) is 0. The Morgan fingerprint density at radius 3 is 2.68 bits per heavy atom. The Morgan fingerprint density at radius 1 is 1.16 bits per heavy atom. The minimum atomic E-state index is -0.378. The van der Waals surface area contributed by atoms with Crippen molar-refractivity contribution in [1.29, 1.82) is 0 Å². The van der Waals surface area contributed by atoms with Gasteiger partial charge in [-0.3, -0.25) is 10.1 Å². The van der Waals surface area contributed by atoms with E-state index in [1.807, 2.05) is 32.0 Å². The Balaban J connectivity index is 1.47. The second-order valence-corrected chi connectivity index (χ2v) is 8.82. The molecular weight excluding hydrogens is 475 g/mol. The van der Waals surface area contributed by atoms with Crippen LogP contribution in [0.4, 0.5) is 5.69 Å². The molecule has 2 aromatic carbocycles. The number of halogens is 2. The predicted octanol–water partition coefficient (Wildman–Crippen LogP) is 5.16. The van der Waals surface area contributed by atoms with Gasteiger partial charge in [-0.25, -0.2) is 0 Å². The molecule has 0 fully saturated rings. The van der Waals surface area contributed by atoms with E-state index in [0.717, 1.165) is 39.0 Å². The van der Waals surface area contributed by atoms with E-state index in [4.69, 9.17) is 35.4 Å². The highest BCUT2D eigenvalue weighted by molar-refractivity contribution is 7.80. The number of nitrogens with one attached hydrogen (secondary N) is 2. The van der Waals surface area contributed by atoms with Crippen molar-refractivity contribution < 1.29 is 4.79 Å². The summed E-state index contributed by atoms with van der Waals surface area (Å²) in [4.78, 5) is 13.1. The highest BCUT2D eigenvalue weighted by atomic mass is 35.5. The quantitative estimate of drug-likeness (QED) is 0.384. The third kappa shape index (κ3) is 4.54. The van der Waals surface area contributed by atoms with Crippen LogP contribution in [0.5, 0.6) is 0 Å². The van der Waals surface area contributed by atoms with Crippen molar-refractivity contribution in [1.82, 2.24) is 25.1 Å². The van der Waals surface area contributed by atoms with Crippen LogP contribution >= 0.6 is 46.8 Å². The first-order chi connectivity index (χ1) is 14.9. The monoisotopic (exact) mass is 490 g/mol. The second-order valence-electron chi connectivity index (χ2n) is 6.64. The van der Waals surface area contributed by atoms with Gasteiger partial charge in [0.25, 0.3) is 5.91 Å². The maximum Gasteiger partial charge on any atom is 0.257 e. The lowest BCUT2D eigenvalue weighted by molar-refractivity contribution is 0.0977. The third-order valence-corrected chi connectivity index (χ3v) is 6.39. The van der Waals surface area contributed by atoms with Gasteiger partial charge in [0.2, 0.25) is 4.96 Å². The van der Waals surface area contributed by atoms with Gasteiger partial charge >= 0.3 is 0 Å². The Labute approximate surface area is 197 Å². The SMILES string of the molecule is CCc1nnc2sc(-c3ccc(NC(=S)NC(=O)c4ccc(Cl)c(Cl)c4)c(C)c3)nn12. The summed E-state index contributed by atoms with van der Waals surface area (Å²) in [5.41, 5.74) is 3.05. The van der Waals surface area contributed by atoms with Crippen molar-refractivity contribution in [3.05, 3.63) is 63.4 Å². The first kappa shape index (κ1) is 21.6. The van der Waals surface area contributed by atoms with Crippen LogP contribution in [-0.4, -0.2) is 30.8 Å². The van der Waals surface area contributed by atoms with Gasteiger partial charge in [0.1, 0.15) is 5.01 Å². The Hall–Kier alpha value is -2.59. The summed E-state index contributed by atoms with van der Waals surface area (Å²) in [6, 6.07) is 10.5. The van der Waals surface area contributed by atoms with Gasteiger partial charge < -0.3 is 5.32 Å². The fourth-order valence-corrected chi connectivity index (χ4v) is 4.25.